The Morgan fingerprint density at radius 2 is 1.37 bits per heavy atom. The number of hydrogen-bond acceptors (Lipinski definition) is 6. The molecule has 3 atom stereocenters. The number of unbranched alkanes of at least 4 members (excludes halogenated alkanes) is 1. The fourth-order valence-corrected chi connectivity index (χ4v) is 2.35. The van der Waals surface area contributed by atoms with Crippen molar-refractivity contribution in [3.05, 3.63) is 12.0 Å². The van der Waals surface area contributed by atoms with Crippen molar-refractivity contribution < 1.29 is 86.2 Å². The summed E-state index contributed by atoms with van der Waals surface area (Å²) in [7, 11) is 0. The second kappa shape index (κ2) is 14.4. The summed E-state index contributed by atoms with van der Waals surface area (Å²) >= 11 is 0. The molecular formula is C17H29KN2O7. The maximum atomic E-state index is 12.0. The molecule has 150 valence electrons. The topological polar surface area (TPSA) is 141 Å². The Morgan fingerprint density at radius 3 is 1.74 bits per heavy atom. The maximum absolute atomic E-state index is 12.0. The van der Waals surface area contributed by atoms with E-state index in [9.17, 15) is 34.8 Å². The molecule has 0 aromatic heterocycles. The molecule has 0 heterocycles. The van der Waals surface area contributed by atoms with Gasteiger partial charge in [0.25, 0.3) is 0 Å². The SMILES string of the molecule is CCCC/C([O-])=C/N(CCN(C(C)C(=O)O)C(C)C(=O)O)C(C)C(=O)O.[K+]. The second-order valence-electron chi connectivity index (χ2n) is 6.22. The molecule has 0 amide bonds. The minimum atomic E-state index is -1.18. The summed E-state index contributed by atoms with van der Waals surface area (Å²) in [5.74, 6) is -3.71. The summed E-state index contributed by atoms with van der Waals surface area (Å²) in [4.78, 5) is 36.3. The second-order valence-corrected chi connectivity index (χ2v) is 6.22. The third kappa shape index (κ3) is 10.5. The van der Waals surface area contributed by atoms with Gasteiger partial charge in [-0.3, -0.25) is 14.5 Å². The molecule has 0 aromatic carbocycles. The molecular weight excluding hydrogens is 383 g/mol. The van der Waals surface area contributed by atoms with Crippen LogP contribution in [0, 0.1) is 0 Å². The van der Waals surface area contributed by atoms with Crippen LogP contribution in [0.3, 0.4) is 0 Å². The molecule has 0 fully saturated rings. The van der Waals surface area contributed by atoms with E-state index in [1.807, 2.05) is 6.92 Å². The number of nitrogens with zero attached hydrogens (tertiary/aromatic N) is 2. The van der Waals surface area contributed by atoms with Crippen LogP contribution < -0.4 is 56.5 Å². The van der Waals surface area contributed by atoms with Crippen LogP contribution >= 0.6 is 0 Å². The van der Waals surface area contributed by atoms with E-state index < -0.39 is 36.0 Å². The third-order valence-corrected chi connectivity index (χ3v) is 4.27. The standard InChI is InChI=1S/C17H30N2O7.K/c1-5-6-7-14(20)10-18(11(2)15(21)22)8-9-19(12(3)16(23)24)13(4)17(25)26;/h10-13,20H,5-9H2,1-4H3,(H,21,22)(H,23,24)(H,25,26);/q;+1/p-1/b14-10-;. The molecule has 0 aliphatic carbocycles. The number of aliphatic carboxylic acids is 3. The molecule has 10 heteroatoms. The number of rotatable bonds is 13. The van der Waals surface area contributed by atoms with Crippen LogP contribution in [0.1, 0.15) is 47.0 Å². The summed E-state index contributed by atoms with van der Waals surface area (Å²) in [5, 5.41) is 39.6. The van der Waals surface area contributed by atoms with Crippen molar-refractivity contribution in [3.63, 3.8) is 0 Å². The molecule has 0 saturated heterocycles. The van der Waals surface area contributed by atoms with Crippen LogP contribution in [0.2, 0.25) is 0 Å². The predicted octanol–water partition coefficient (Wildman–Crippen LogP) is -2.59. The van der Waals surface area contributed by atoms with Gasteiger partial charge in [-0.15, -0.1) is 5.76 Å². The van der Waals surface area contributed by atoms with Gasteiger partial charge < -0.3 is 25.3 Å². The van der Waals surface area contributed by atoms with Crippen molar-refractivity contribution in [2.24, 2.45) is 0 Å². The molecule has 0 saturated carbocycles. The average Bonchev–Trinajstić information content (AvgIpc) is 2.57. The van der Waals surface area contributed by atoms with Crippen LogP contribution in [0.25, 0.3) is 0 Å². The summed E-state index contributed by atoms with van der Waals surface area (Å²) in [5.41, 5.74) is 0. The molecule has 0 aliphatic heterocycles. The zero-order valence-corrected chi connectivity index (χ0v) is 19.8. The smallest absolute Gasteiger partial charge is 0.874 e. The first kappa shape index (κ1) is 28.6. The molecule has 0 rings (SSSR count). The molecule has 0 radical (unpaired) electrons. The van der Waals surface area contributed by atoms with Crippen molar-refractivity contribution in [2.75, 3.05) is 13.1 Å². The van der Waals surface area contributed by atoms with Crippen LogP contribution in [0.4, 0.5) is 0 Å². The Labute approximate surface area is 202 Å². The summed E-state index contributed by atoms with van der Waals surface area (Å²) < 4.78 is 0. The Kier molecular flexibility index (Phi) is 15.2. The fraction of sp³-hybridized carbons (Fsp3) is 0.706. The Morgan fingerprint density at radius 1 is 0.926 bits per heavy atom. The van der Waals surface area contributed by atoms with Crippen molar-refractivity contribution >= 4 is 17.9 Å². The molecule has 3 unspecified atom stereocenters. The van der Waals surface area contributed by atoms with Gasteiger partial charge in [0.1, 0.15) is 18.1 Å². The first-order valence-electron chi connectivity index (χ1n) is 8.60. The van der Waals surface area contributed by atoms with Crippen molar-refractivity contribution in [1.29, 1.82) is 0 Å². The monoisotopic (exact) mass is 412 g/mol. The normalized spacial score (nSPS) is 14.8. The van der Waals surface area contributed by atoms with Crippen LogP contribution in [-0.2, 0) is 14.4 Å². The first-order valence-corrected chi connectivity index (χ1v) is 8.60. The largest absolute Gasteiger partial charge is 1.00 e. The van der Waals surface area contributed by atoms with E-state index >= 15 is 0 Å². The van der Waals surface area contributed by atoms with Gasteiger partial charge >= 0.3 is 69.3 Å². The number of carbonyl (C=O) groups is 3. The first-order chi connectivity index (χ1) is 12.0. The summed E-state index contributed by atoms with van der Waals surface area (Å²) in [6, 6.07) is -3.14. The number of carboxylic acid groups (broad SMARTS) is 3. The Balaban J connectivity index is 0. The Hall–Kier alpha value is -0.654. The van der Waals surface area contributed by atoms with Crippen molar-refractivity contribution in [2.45, 2.75) is 65.1 Å². The van der Waals surface area contributed by atoms with Gasteiger partial charge in [0, 0.05) is 13.1 Å². The fourth-order valence-electron chi connectivity index (χ4n) is 2.35. The Bertz CT molecular complexity index is 507. The van der Waals surface area contributed by atoms with E-state index in [2.05, 4.69) is 0 Å². The molecule has 0 aliphatic rings. The van der Waals surface area contributed by atoms with Crippen LogP contribution in [0.15, 0.2) is 12.0 Å². The van der Waals surface area contributed by atoms with Gasteiger partial charge in [0.2, 0.25) is 0 Å². The number of hydrogen-bond donors (Lipinski definition) is 3. The zero-order valence-electron chi connectivity index (χ0n) is 16.7. The van der Waals surface area contributed by atoms with E-state index in [1.165, 1.54) is 36.8 Å². The quantitative estimate of drug-likeness (QED) is 0.219. The summed E-state index contributed by atoms with van der Waals surface area (Å²) in [6.07, 6.45) is 3.03. The van der Waals surface area contributed by atoms with E-state index in [0.29, 0.717) is 12.8 Å². The minimum Gasteiger partial charge on any atom is -0.874 e. The molecule has 3 N–H and O–H groups in total. The van der Waals surface area contributed by atoms with Crippen LogP contribution in [0.5, 0.6) is 0 Å². The van der Waals surface area contributed by atoms with Crippen molar-refractivity contribution in [3.8, 4) is 0 Å². The van der Waals surface area contributed by atoms with E-state index in [4.69, 9.17) is 0 Å². The number of carboxylic acids is 3. The zero-order chi connectivity index (χ0) is 20.4. The molecule has 0 bridgehead atoms. The van der Waals surface area contributed by atoms with Gasteiger partial charge in [-0.25, -0.2) is 4.79 Å². The molecule has 27 heavy (non-hydrogen) atoms. The number of allylic oxidation sites excluding steroid dienone is 1. The third-order valence-electron chi connectivity index (χ3n) is 4.27. The summed E-state index contributed by atoms with van der Waals surface area (Å²) in [6.45, 7) is 6.07. The average molecular weight is 413 g/mol. The minimum absolute atomic E-state index is 0. The molecule has 0 spiro atoms. The van der Waals surface area contributed by atoms with E-state index in [1.54, 1.807) is 0 Å². The van der Waals surface area contributed by atoms with E-state index in [-0.39, 0.29) is 70.2 Å². The molecule has 9 nitrogen and oxygen atoms in total. The van der Waals surface area contributed by atoms with Crippen LogP contribution in [-0.4, -0.2) is 74.2 Å². The van der Waals surface area contributed by atoms with Gasteiger partial charge in [0.05, 0.1) is 0 Å². The van der Waals surface area contributed by atoms with Gasteiger partial charge in [-0.05, 0) is 33.4 Å². The molecule has 0 aromatic rings. The van der Waals surface area contributed by atoms with Gasteiger partial charge in [0.15, 0.2) is 0 Å². The maximum Gasteiger partial charge on any atom is 1.00 e. The van der Waals surface area contributed by atoms with E-state index in [0.717, 1.165) is 6.42 Å². The predicted molar refractivity (Wildman–Crippen MR) is 92.3 cm³/mol. The van der Waals surface area contributed by atoms with Gasteiger partial charge in [-0.2, -0.15) is 0 Å². The van der Waals surface area contributed by atoms with Crippen molar-refractivity contribution in [1.82, 2.24) is 9.80 Å². The van der Waals surface area contributed by atoms with Gasteiger partial charge in [-0.1, -0.05) is 19.8 Å².